The number of carbonyl (C=O) groups is 3. The van der Waals surface area contributed by atoms with Crippen molar-refractivity contribution in [1.29, 1.82) is 0 Å². The molecule has 0 fully saturated rings. The minimum absolute atomic E-state index is 0.0154. The molecular formula is C23H31N3O7. The number of nitrogens with zero attached hydrogens (tertiary/aromatic N) is 2. The number of nitrogen functional groups attached to an aromatic ring is 1. The molecule has 0 saturated carbocycles. The second-order valence-electron chi connectivity index (χ2n) is 7.51. The first-order valence-electron chi connectivity index (χ1n) is 10.7. The van der Waals surface area contributed by atoms with E-state index < -0.39 is 17.8 Å². The van der Waals surface area contributed by atoms with E-state index in [0.29, 0.717) is 23.1 Å². The molecule has 0 bridgehead atoms. The molecule has 10 nitrogen and oxygen atoms in total. The van der Waals surface area contributed by atoms with Gasteiger partial charge in [0.05, 0.1) is 43.1 Å². The average molecular weight is 462 g/mol. The molecule has 0 saturated heterocycles. The smallest absolute Gasteiger partial charge is 0.340 e. The van der Waals surface area contributed by atoms with E-state index in [1.165, 1.54) is 0 Å². The second-order valence-corrected chi connectivity index (χ2v) is 7.51. The lowest BCUT2D eigenvalue weighted by molar-refractivity contribution is -0.315. The number of amides is 1. The Bertz CT molecular complexity index is 906. The third-order valence-corrected chi connectivity index (χ3v) is 4.79. The van der Waals surface area contributed by atoms with Crippen molar-refractivity contribution in [2.24, 2.45) is 0 Å². The van der Waals surface area contributed by atoms with E-state index >= 15 is 0 Å². The molecule has 10 heteroatoms. The molecule has 2 aliphatic carbocycles. The highest BCUT2D eigenvalue weighted by Crippen LogP contribution is 2.39. The highest BCUT2D eigenvalue weighted by atomic mass is 16.9. The van der Waals surface area contributed by atoms with Crippen LogP contribution in [0.15, 0.2) is 24.3 Å². The van der Waals surface area contributed by atoms with Crippen molar-refractivity contribution in [3.63, 3.8) is 0 Å². The maximum atomic E-state index is 12.5. The molecule has 2 rings (SSSR count). The van der Waals surface area contributed by atoms with Crippen LogP contribution in [0, 0.1) is 0 Å². The van der Waals surface area contributed by atoms with E-state index in [4.69, 9.17) is 20.0 Å². The van der Waals surface area contributed by atoms with Gasteiger partial charge >= 0.3 is 11.9 Å². The lowest BCUT2D eigenvalue weighted by atomic mass is 10.1. The first-order valence-corrected chi connectivity index (χ1v) is 10.7. The summed E-state index contributed by atoms with van der Waals surface area (Å²) in [7, 11) is 3.82. The van der Waals surface area contributed by atoms with Crippen molar-refractivity contribution in [2.75, 3.05) is 46.2 Å². The fourth-order valence-electron chi connectivity index (χ4n) is 3.28. The number of nitrogens with two attached hydrogens (primary N) is 1. The predicted molar refractivity (Wildman–Crippen MR) is 121 cm³/mol. The summed E-state index contributed by atoms with van der Waals surface area (Å²) in [5, 5.41) is 10.1. The molecule has 0 radical (unpaired) electrons. The molecule has 0 spiro atoms. The van der Waals surface area contributed by atoms with Crippen LogP contribution in [0.2, 0.25) is 0 Å². The number of hydrogen-bond donors (Lipinski definition) is 2. The van der Waals surface area contributed by atoms with Gasteiger partial charge in [-0.15, -0.1) is 0 Å². The topological polar surface area (TPSA) is 132 Å². The van der Waals surface area contributed by atoms with Gasteiger partial charge in [-0.25, -0.2) is 14.4 Å². The summed E-state index contributed by atoms with van der Waals surface area (Å²) in [5.74, 6) is -1.99. The number of rotatable bonds is 11. The summed E-state index contributed by atoms with van der Waals surface area (Å²) in [6, 6.07) is 6.39. The zero-order valence-corrected chi connectivity index (χ0v) is 19.4. The van der Waals surface area contributed by atoms with Gasteiger partial charge in [-0.05, 0) is 57.6 Å². The summed E-state index contributed by atoms with van der Waals surface area (Å²) in [4.78, 5) is 44.4. The molecular weight excluding hydrogens is 430 g/mol. The maximum absolute atomic E-state index is 12.5. The zero-order valence-electron chi connectivity index (χ0n) is 19.4. The molecule has 0 atom stereocenters. The molecule has 180 valence electrons. The third kappa shape index (κ3) is 6.64. The fraction of sp³-hybridized carbons (Fsp3) is 0.435. The summed E-state index contributed by atoms with van der Waals surface area (Å²) < 4.78 is 10.2. The van der Waals surface area contributed by atoms with E-state index in [1.807, 2.05) is 19.0 Å². The summed E-state index contributed by atoms with van der Waals surface area (Å²) in [6.07, 6.45) is 0.474. The van der Waals surface area contributed by atoms with Crippen molar-refractivity contribution >= 4 is 23.5 Å². The summed E-state index contributed by atoms with van der Waals surface area (Å²) in [6.45, 7) is 4.54. The van der Waals surface area contributed by atoms with Gasteiger partial charge in [0, 0.05) is 0 Å². The Morgan fingerprint density at radius 1 is 0.939 bits per heavy atom. The van der Waals surface area contributed by atoms with E-state index in [0.717, 1.165) is 6.54 Å². The Balaban J connectivity index is 2.31. The van der Waals surface area contributed by atoms with E-state index in [1.54, 1.807) is 38.1 Å². The Hall–Kier alpha value is -3.21. The Morgan fingerprint density at radius 3 is 1.91 bits per heavy atom. The highest BCUT2D eigenvalue weighted by Gasteiger charge is 2.30. The predicted octanol–water partition coefficient (Wildman–Crippen LogP) is 2.37. The second kappa shape index (κ2) is 12.1. The third-order valence-electron chi connectivity index (χ3n) is 4.79. The molecule has 0 heterocycles. The van der Waals surface area contributed by atoms with Crippen LogP contribution in [0.3, 0.4) is 0 Å². The lowest BCUT2D eigenvalue weighted by Crippen LogP contribution is -2.30. The Labute approximate surface area is 193 Å². The average Bonchev–Trinajstić information content (AvgIpc) is 2.89. The van der Waals surface area contributed by atoms with Crippen molar-refractivity contribution in [1.82, 2.24) is 10.1 Å². The SMILES string of the molecule is CCOC(=O)c1c2ccc(CC(=O)N(O)OCCCN(C)C)ccc-2c(C(=O)OCC)c1N. The standard InChI is InChI=1S/C23H31N3O7/c1-5-31-22(28)19-16-10-8-15(14-18(27)26(30)33-13-7-12-25(3)4)9-11-17(16)20(21(19)24)23(29)32-6-2/h8-11,30H,5-7,12-14,24H2,1-4H3. The molecule has 1 amide bonds. The van der Waals surface area contributed by atoms with E-state index in [2.05, 4.69) is 0 Å². The number of hydrogen-bond acceptors (Lipinski definition) is 9. The largest absolute Gasteiger partial charge is 0.462 e. The van der Waals surface area contributed by atoms with Crippen LogP contribution in [0.5, 0.6) is 0 Å². The van der Waals surface area contributed by atoms with Gasteiger partial charge in [-0.2, -0.15) is 0 Å². The Kier molecular flexibility index (Phi) is 9.58. The number of fused-ring (bicyclic) bond motifs is 1. The van der Waals surface area contributed by atoms with E-state index in [9.17, 15) is 19.6 Å². The van der Waals surface area contributed by atoms with Crippen molar-refractivity contribution in [2.45, 2.75) is 26.7 Å². The van der Waals surface area contributed by atoms with Crippen molar-refractivity contribution in [3.8, 4) is 11.1 Å². The molecule has 0 aromatic heterocycles. The number of anilines is 1. The highest BCUT2D eigenvalue weighted by molar-refractivity contribution is 6.15. The summed E-state index contributed by atoms with van der Waals surface area (Å²) >= 11 is 0. The fourth-order valence-corrected chi connectivity index (χ4v) is 3.28. The van der Waals surface area contributed by atoms with Crippen LogP contribution in [-0.4, -0.2) is 73.6 Å². The molecule has 0 aliphatic heterocycles. The van der Waals surface area contributed by atoms with Gasteiger partial charge < -0.3 is 20.1 Å². The number of carbonyl (C=O) groups excluding carboxylic acids is 3. The van der Waals surface area contributed by atoms with Crippen LogP contribution in [0.4, 0.5) is 5.69 Å². The van der Waals surface area contributed by atoms with Gasteiger partial charge in [0.15, 0.2) is 0 Å². The van der Waals surface area contributed by atoms with Crippen LogP contribution in [0.1, 0.15) is 46.5 Å². The quantitative estimate of drug-likeness (QED) is 0.224. The maximum Gasteiger partial charge on any atom is 0.340 e. The van der Waals surface area contributed by atoms with Crippen LogP contribution >= 0.6 is 0 Å². The molecule has 0 unspecified atom stereocenters. The van der Waals surface area contributed by atoms with Crippen molar-refractivity contribution < 1.29 is 33.9 Å². The van der Waals surface area contributed by atoms with E-state index in [-0.39, 0.29) is 48.3 Å². The molecule has 0 aromatic carbocycles. The van der Waals surface area contributed by atoms with Gasteiger partial charge in [-0.1, -0.05) is 29.5 Å². The van der Waals surface area contributed by atoms with Gasteiger partial charge in [0.1, 0.15) is 0 Å². The minimum Gasteiger partial charge on any atom is -0.462 e. The Morgan fingerprint density at radius 2 is 1.45 bits per heavy atom. The van der Waals surface area contributed by atoms with Gasteiger partial charge in [-0.3, -0.25) is 10.0 Å². The molecule has 2 aliphatic rings. The molecule has 33 heavy (non-hydrogen) atoms. The first-order chi connectivity index (χ1) is 15.7. The lowest BCUT2D eigenvalue weighted by Gasteiger charge is -2.15. The number of esters is 2. The first kappa shape index (κ1) is 26.0. The van der Waals surface area contributed by atoms with Gasteiger partial charge in [0.25, 0.3) is 5.91 Å². The van der Waals surface area contributed by atoms with Crippen molar-refractivity contribution in [3.05, 3.63) is 41.0 Å². The number of ether oxygens (including phenoxy) is 2. The monoisotopic (exact) mass is 461 g/mol. The van der Waals surface area contributed by atoms with Crippen LogP contribution in [-0.2, 0) is 25.5 Å². The molecule has 3 N–H and O–H groups in total. The van der Waals surface area contributed by atoms with Gasteiger partial charge in [0.2, 0.25) is 0 Å². The normalized spacial score (nSPS) is 11.0. The zero-order chi connectivity index (χ0) is 24.5. The number of hydroxylamine groups is 2. The van der Waals surface area contributed by atoms with Crippen LogP contribution < -0.4 is 5.73 Å². The van der Waals surface area contributed by atoms with Crippen LogP contribution in [0.25, 0.3) is 11.1 Å². The summed E-state index contributed by atoms with van der Waals surface area (Å²) in [5.41, 5.74) is 7.57. The molecule has 0 aromatic rings. The minimum atomic E-state index is -0.665.